The van der Waals surface area contributed by atoms with Crippen LogP contribution < -0.4 is 5.32 Å². The van der Waals surface area contributed by atoms with Crippen molar-refractivity contribution in [2.24, 2.45) is 5.92 Å². The Balaban J connectivity index is 1.71. The molecule has 4 amide bonds. The number of carbonyl (C=O) groups excluding carboxylic acids is 3. The Morgan fingerprint density at radius 1 is 1.05 bits per heavy atom. The Morgan fingerprint density at radius 2 is 1.71 bits per heavy atom. The van der Waals surface area contributed by atoms with Crippen molar-refractivity contribution in [3.05, 3.63) is 46.7 Å². The zero-order chi connectivity index (χ0) is 27.8. The molecule has 0 aliphatic carbocycles. The van der Waals surface area contributed by atoms with Crippen LogP contribution in [0.2, 0.25) is 0 Å². The zero-order valence-corrected chi connectivity index (χ0v) is 22.3. The minimum absolute atomic E-state index is 0.00182. The van der Waals surface area contributed by atoms with E-state index in [0.29, 0.717) is 25.2 Å². The number of rotatable bonds is 7. The summed E-state index contributed by atoms with van der Waals surface area (Å²) < 4.78 is 41.7. The minimum atomic E-state index is -4.66. The summed E-state index contributed by atoms with van der Waals surface area (Å²) >= 11 is 0. The number of halogens is 3. The van der Waals surface area contributed by atoms with Crippen molar-refractivity contribution in [3.63, 3.8) is 0 Å². The monoisotopic (exact) mass is 535 g/mol. The minimum Gasteiger partial charge on any atom is -0.338 e. The van der Waals surface area contributed by atoms with Crippen molar-refractivity contribution < 1.29 is 27.6 Å². The predicted octanol–water partition coefficient (Wildman–Crippen LogP) is 3.47. The summed E-state index contributed by atoms with van der Waals surface area (Å²) in [7, 11) is 0. The molecule has 3 heterocycles. The lowest BCUT2D eigenvalue weighted by molar-refractivity contribution is -0.145. The van der Waals surface area contributed by atoms with Gasteiger partial charge < -0.3 is 20.0 Å². The summed E-state index contributed by atoms with van der Waals surface area (Å²) in [5.74, 6) is -0.570. The van der Waals surface area contributed by atoms with Crippen LogP contribution in [-0.4, -0.2) is 89.3 Å². The van der Waals surface area contributed by atoms with Gasteiger partial charge in [0.05, 0.1) is 29.4 Å². The highest BCUT2D eigenvalue weighted by Crippen LogP contribution is 2.42. The number of nitrogens with zero attached hydrogens (tertiary/aromatic N) is 4. The number of nitrogens with one attached hydrogen (secondary N) is 1. The van der Waals surface area contributed by atoms with Crippen LogP contribution in [-0.2, 0) is 15.8 Å². The molecular weight excluding hydrogens is 499 g/mol. The highest BCUT2D eigenvalue weighted by atomic mass is 19.4. The van der Waals surface area contributed by atoms with E-state index >= 15 is 0 Å². The van der Waals surface area contributed by atoms with Crippen molar-refractivity contribution in [2.45, 2.75) is 52.4 Å². The molecule has 1 aromatic carbocycles. The average Bonchev–Trinajstić information content (AvgIpc) is 3.22. The smallest absolute Gasteiger partial charge is 0.338 e. The fraction of sp³-hybridized carbons (Fsp3) is 0.593. The number of benzene rings is 1. The molecular formula is C27H36F3N5O3. The lowest BCUT2D eigenvalue weighted by atomic mass is 9.91. The van der Waals surface area contributed by atoms with E-state index < -0.39 is 35.8 Å². The fourth-order valence-corrected chi connectivity index (χ4v) is 5.64. The summed E-state index contributed by atoms with van der Waals surface area (Å²) in [6.45, 7) is 11.5. The third-order valence-electron chi connectivity index (χ3n) is 7.63. The van der Waals surface area contributed by atoms with Crippen LogP contribution in [0.4, 0.5) is 18.0 Å². The van der Waals surface area contributed by atoms with Gasteiger partial charge >= 0.3 is 12.2 Å². The normalized spacial score (nSPS) is 21.8. The van der Waals surface area contributed by atoms with Crippen LogP contribution in [0.25, 0.3) is 0 Å². The van der Waals surface area contributed by atoms with E-state index in [2.05, 4.69) is 17.1 Å². The van der Waals surface area contributed by atoms with E-state index in [1.807, 2.05) is 13.8 Å². The predicted molar refractivity (Wildman–Crippen MR) is 136 cm³/mol. The highest BCUT2D eigenvalue weighted by molar-refractivity contribution is 6.03. The van der Waals surface area contributed by atoms with Gasteiger partial charge in [-0.15, -0.1) is 0 Å². The molecule has 1 saturated heterocycles. The van der Waals surface area contributed by atoms with E-state index in [9.17, 15) is 27.6 Å². The first-order chi connectivity index (χ1) is 18.0. The second kappa shape index (κ2) is 11.0. The number of hydrogen-bond acceptors (Lipinski definition) is 4. The van der Waals surface area contributed by atoms with Crippen LogP contribution in [0.5, 0.6) is 0 Å². The lowest BCUT2D eigenvalue weighted by Gasteiger charge is -2.38. The number of likely N-dealkylation sites (N-methyl/N-ethyl adjacent to an activating group) is 2. The van der Waals surface area contributed by atoms with Gasteiger partial charge in [-0.1, -0.05) is 39.0 Å². The number of urea groups is 1. The zero-order valence-electron chi connectivity index (χ0n) is 22.3. The molecule has 2 atom stereocenters. The first kappa shape index (κ1) is 27.9. The molecule has 38 heavy (non-hydrogen) atoms. The first-order valence-electron chi connectivity index (χ1n) is 13.3. The quantitative estimate of drug-likeness (QED) is 0.580. The molecule has 0 radical (unpaired) electrons. The second-order valence-electron chi connectivity index (χ2n) is 10.4. The maximum Gasteiger partial charge on any atom is 0.416 e. The maximum atomic E-state index is 14.0. The number of alkyl halides is 3. The van der Waals surface area contributed by atoms with E-state index in [0.717, 1.165) is 25.7 Å². The summed E-state index contributed by atoms with van der Waals surface area (Å²) in [5.41, 5.74) is -0.632. The Hall–Kier alpha value is -3.08. The number of amides is 4. The molecule has 0 aromatic heterocycles. The largest absolute Gasteiger partial charge is 0.416 e. The molecule has 1 N–H and O–H groups in total. The van der Waals surface area contributed by atoms with Crippen molar-refractivity contribution in [3.8, 4) is 0 Å². The van der Waals surface area contributed by atoms with Gasteiger partial charge in [-0.05, 0) is 37.4 Å². The Kier molecular flexibility index (Phi) is 8.06. The van der Waals surface area contributed by atoms with Crippen LogP contribution in [0.15, 0.2) is 35.5 Å². The van der Waals surface area contributed by atoms with Gasteiger partial charge in [0.15, 0.2) is 0 Å². The number of carbonyl (C=O) groups is 3. The van der Waals surface area contributed by atoms with Gasteiger partial charge in [-0.25, -0.2) is 4.79 Å². The van der Waals surface area contributed by atoms with E-state index in [1.54, 1.807) is 11.8 Å². The van der Waals surface area contributed by atoms with Gasteiger partial charge in [-0.2, -0.15) is 13.2 Å². The Labute approximate surface area is 221 Å². The molecule has 11 heteroatoms. The third kappa shape index (κ3) is 5.25. The van der Waals surface area contributed by atoms with E-state index in [4.69, 9.17) is 0 Å². The number of piperazine rings is 1. The molecule has 0 spiro atoms. The van der Waals surface area contributed by atoms with Crippen LogP contribution >= 0.6 is 0 Å². The molecule has 4 rings (SSSR count). The Morgan fingerprint density at radius 3 is 2.29 bits per heavy atom. The van der Waals surface area contributed by atoms with Crippen LogP contribution in [0, 0.1) is 5.92 Å². The molecule has 3 aliphatic rings. The van der Waals surface area contributed by atoms with Gasteiger partial charge in [0.2, 0.25) is 5.91 Å². The molecule has 0 unspecified atom stereocenters. The Bertz CT molecular complexity index is 1110. The summed E-state index contributed by atoms with van der Waals surface area (Å²) in [5, 5.41) is 2.63. The molecule has 0 bridgehead atoms. The van der Waals surface area contributed by atoms with Crippen molar-refractivity contribution >= 4 is 17.8 Å². The maximum absolute atomic E-state index is 14.0. The molecule has 1 fully saturated rings. The van der Waals surface area contributed by atoms with Crippen LogP contribution in [0.1, 0.15) is 51.3 Å². The van der Waals surface area contributed by atoms with Crippen molar-refractivity contribution in [1.82, 2.24) is 24.9 Å². The first-order valence-corrected chi connectivity index (χ1v) is 13.3. The lowest BCUT2D eigenvalue weighted by Crippen LogP contribution is -2.55. The summed E-state index contributed by atoms with van der Waals surface area (Å²) in [6, 6.07) is 2.38. The molecule has 208 valence electrons. The van der Waals surface area contributed by atoms with Gasteiger partial charge in [0.1, 0.15) is 6.04 Å². The molecule has 8 nitrogen and oxygen atoms in total. The van der Waals surface area contributed by atoms with Crippen molar-refractivity contribution in [1.29, 1.82) is 0 Å². The van der Waals surface area contributed by atoms with Gasteiger partial charge in [0.25, 0.3) is 5.91 Å². The standard InChI is InChI=1S/C27H36F3N5O3/c1-5-32-11-13-33(14-12-32)24(36)20(15-17(3)4)35-16-21-22(25(35)37)23(31-26(38)34(21)6-2)18-9-7-8-10-19(18)27(28,29)30/h7-10,17,20,23H,5-6,11-16H2,1-4H3,(H,31,38)/t20-,23+/m1/s1. The fourth-order valence-electron chi connectivity index (χ4n) is 5.64. The second-order valence-corrected chi connectivity index (χ2v) is 10.4. The van der Waals surface area contributed by atoms with Crippen molar-refractivity contribution in [2.75, 3.05) is 45.8 Å². The molecule has 1 aromatic rings. The van der Waals surface area contributed by atoms with Crippen LogP contribution in [0.3, 0.4) is 0 Å². The highest BCUT2D eigenvalue weighted by Gasteiger charge is 2.49. The van der Waals surface area contributed by atoms with E-state index in [1.165, 1.54) is 28.0 Å². The van der Waals surface area contributed by atoms with E-state index in [-0.39, 0.29) is 36.1 Å². The SMILES string of the molecule is CCN1CCN(C(=O)[C@@H](CC(C)C)N2CC3=C(C2=O)[C@H](c2ccccc2C(F)(F)F)NC(=O)N3CC)CC1. The summed E-state index contributed by atoms with van der Waals surface area (Å²) in [4.78, 5) is 47.6. The number of hydrogen-bond donors (Lipinski definition) is 1. The third-order valence-corrected chi connectivity index (χ3v) is 7.63. The van der Waals surface area contributed by atoms with Gasteiger partial charge in [0, 0.05) is 32.7 Å². The molecule has 0 saturated carbocycles. The molecule has 3 aliphatic heterocycles. The topological polar surface area (TPSA) is 76.2 Å². The summed E-state index contributed by atoms with van der Waals surface area (Å²) in [6.07, 6.45) is -4.25. The van der Waals surface area contributed by atoms with Gasteiger partial charge in [-0.3, -0.25) is 14.5 Å². The average molecular weight is 536 g/mol.